The smallest absolute Gasteiger partial charge is 0.296 e. The van der Waals surface area contributed by atoms with Crippen LogP contribution in [0.5, 0.6) is 0 Å². The molecule has 0 saturated carbocycles. The lowest BCUT2D eigenvalue weighted by molar-refractivity contribution is -0.117. The number of halogens is 1. The molecule has 5 nitrogen and oxygen atoms in total. The van der Waals surface area contributed by atoms with Gasteiger partial charge in [0.2, 0.25) is 0 Å². The zero-order chi connectivity index (χ0) is 24.7. The van der Waals surface area contributed by atoms with E-state index in [1.54, 1.807) is 30.3 Å². The quantitative estimate of drug-likeness (QED) is 0.308. The summed E-state index contributed by atoms with van der Waals surface area (Å²) < 4.78 is 0.929. The number of aromatic nitrogens is 1. The van der Waals surface area contributed by atoms with Gasteiger partial charge in [-0.1, -0.05) is 77.5 Å². The second-order valence-electron chi connectivity index (χ2n) is 8.43. The van der Waals surface area contributed by atoms with Crippen LogP contribution < -0.4 is 4.90 Å². The Bertz CT molecular complexity index is 1540. The third-order valence-electron chi connectivity index (χ3n) is 5.89. The van der Waals surface area contributed by atoms with Crippen LogP contribution in [0.4, 0.5) is 5.13 Å². The molecule has 0 bridgehead atoms. The lowest BCUT2D eigenvalue weighted by Crippen LogP contribution is -2.30. The summed E-state index contributed by atoms with van der Waals surface area (Å²) in [5, 5.41) is 11.8. The van der Waals surface area contributed by atoms with Gasteiger partial charge in [-0.3, -0.25) is 14.5 Å². The maximum atomic E-state index is 13.4. The number of nitrogens with zero attached hydrogens (tertiary/aromatic N) is 2. The van der Waals surface area contributed by atoms with Gasteiger partial charge in [0.15, 0.2) is 16.7 Å². The molecule has 4 aromatic rings. The first-order chi connectivity index (χ1) is 16.8. The Morgan fingerprint density at radius 1 is 1.09 bits per heavy atom. The van der Waals surface area contributed by atoms with Crippen LogP contribution in [0.2, 0.25) is 5.02 Å². The lowest BCUT2D eigenvalue weighted by atomic mass is 9.96. The Hall–Kier alpha value is -3.74. The molecule has 0 fully saturated rings. The van der Waals surface area contributed by atoms with Crippen molar-refractivity contribution < 1.29 is 14.7 Å². The minimum Gasteiger partial charge on any atom is -0.503 e. The van der Waals surface area contributed by atoms with Crippen LogP contribution in [0.25, 0.3) is 16.3 Å². The number of hydrogen-bond acceptors (Lipinski definition) is 5. The fourth-order valence-electron chi connectivity index (χ4n) is 4.33. The van der Waals surface area contributed by atoms with Gasteiger partial charge in [-0.15, -0.1) is 0 Å². The van der Waals surface area contributed by atoms with Gasteiger partial charge in [0.1, 0.15) is 0 Å². The van der Waals surface area contributed by atoms with Crippen molar-refractivity contribution in [3.63, 3.8) is 0 Å². The van der Waals surface area contributed by atoms with Crippen molar-refractivity contribution in [2.24, 2.45) is 0 Å². The molecular weight excluding hydrogens is 480 g/mol. The van der Waals surface area contributed by atoms with Crippen LogP contribution >= 0.6 is 22.9 Å². The van der Waals surface area contributed by atoms with Gasteiger partial charge in [-0.2, -0.15) is 0 Å². The summed E-state index contributed by atoms with van der Waals surface area (Å²) >= 11 is 7.62. The molecule has 1 unspecified atom stereocenters. The minimum absolute atomic E-state index is 0.00314. The van der Waals surface area contributed by atoms with E-state index < -0.39 is 23.5 Å². The van der Waals surface area contributed by atoms with Crippen LogP contribution in [0.15, 0.2) is 84.1 Å². The highest BCUT2D eigenvalue weighted by Gasteiger charge is 2.45. The van der Waals surface area contributed by atoms with Crippen LogP contribution in [0, 0.1) is 13.8 Å². The Balaban J connectivity index is 1.63. The summed E-state index contributed by atoms with van der Waals surface area (Å²) in [5.74, 6) is -1.70. The molecule has 35 heavy (non-hydrogen) atoms. The molecule has 1 aromatic heterocycles. The number of allylic oxidation sites excluding steroid dienone is 1. The first-order valence-corrected chi connectivity index (χ1v) is 12.2. The largest absolute Gasteiger partial charge is 0.503 e. The van der Waals surface area contributed by atoms with Gasteiger partial charge in [0.25, 0.3) is 5.91 Å². The summed E-state index contributed by atoms with van der Waals surface area (Å²) in [6, 6.07) is 19.5. The molecule has 2 heterocycles. The van der Waals surface area contributed by atoms with Crippen LogP contribution in [0.3, 0.4) is 0 Å². The fraction of sp³-hybridized carbons (Fsp3) is 0.107. The molecule has 1 N–H and O–H groups in total. The fourth-order valence-corrected chi connectivity index (χ4v) is 5.70. The molecule has 0 saturated heterocycles. The number of fused-ring (bicyclic) bond motifs is 1. The van der Waals surface area contributed by atoms with E-state index >= 15 is 0 Å². The van der Waals surface area contributed by atoms with Gasteiger partial charge >= 0.3 is 0 Å². The number of aryl methyl sites for hydroxylation is 2. The number of carbonyl (C=O) groups is 2. The number of rotatable bonds is 5. The number of anilines is 1. The Morgan fingerprint density at radius 2 is 1.86 bits per heavy atom. The molecule has 1 aliphatic rings. The lowest BCUT2D eigenvalue weighted by Gasteiger charge is -2.24. The number of carbonyl (C=O) groups excluding carboxylic acids is 2. The van der Waals surface area contributed by atoms with Crippen molar-refractivity contribution >= 4 is 56.1 Å². The molecule has 3 aromatic carbocycles. The molecule has 1 atom stereocenters. The number of thiazole rings is 1. The number of ketones is 1. The summed E-state index contributed by atoms with van der Waals surface area (Å²) in [6.45, 7) is 3.98. The third-order valence-corrected chi connectivity index (χ3v) is 7.13. The molecule has 0 radical (unpaired) electrons. The maximum Gasteiger partial charge on any atom is 0.296 e. The highest BCUT2D eigenvalue weighted by Crippen LogP contribution is 2.44. The predicted octanol–water partition coefficient (Wildman–Crippen LogP) is 6.75. The maximum absolute atomic E-state index is 13.4. The van der Waals surface area contributed by atoms with Crippen molar-refractivity contribution in [3.05, 3.63) is 111 Å². The van der Waals surface area contributed by atoms with E-state index in [4.69, 9.17) is 16.6 Å². The first kappa shape index (κ1) is 23.0. The normalized spacial score (nSPS) is 16.1. The molecule has 0 aliphatic carbocycles. The summed E-state index contributed by atoms with van der Waals surface area (Å²) in [7, 11) is 0. The van der Waals surface area contributed by atoms with Gasteiger partial charge in [-0.25, -0.2) is 4.98 Å². The Kier molecular flexibility index (Phi) is 6.01. The summed E-state index contributed by atoms with van der Waals surface area (Å²) in [4.78, 5) is 32.8. The third kappa shape index (κ3) is 4.27. The van der Waals surface area contributed by atoms with E-state index in [1.807, 2.05) is 56.3 Å². The minimum atomic E-state index is -0.865. The van der Waals surface area contributed by atoms with Crippen molar-refractivity contribution in [2.75, 3.05) is 4.90 Å². The van der Waals surface area contributed by atoms with Gasteiger partial charge in [0.05, 0.1) is 21.8 Å². The Morgan fingerprint density at radius 3 is 2.60 bits per heavy atom. The van der Waals surface area contributed by atoms with Crippen LogP contribution in [0.1, 0.15) is 28.3 Å². The summed E-state index contributed by atoms with van der Waals surface area (Å²) in [6.07, 6.45) is 3.04. The van der Waals surface area contributed by atoms with Gasteiger partial charge in [0, 0.05) is 5.02 Å². The topological polar surface area (TPSA) is 70.5 Å². The molecule has 1 aliphatic heterocycles. The van der Waals surface area contributed by atoms with E-state index in [1.165, 1.54) is 22.3 Å². The van der Waals surface area contributed by atoms with Crippen molar-refractivity contribution in [2.45, 2.75) is 19.9 Å². The van der Waals surface area contributed by atoms with Crippen molar-refractivity contribution in [1.29, 1.82) is 0 Å². The van der Waals surface area contributed by atoms with E-state index in [0.29, 0.717) is 15.7 Å². The first-order valence-electron chi connectivity index (χ1n) is 11.0. The van der Waals surface area contributed by atoms with Gasteiger partial charge in [-0.05, 0) is 60.4 Å². The van der Waals surface area contributed by atoms with Crippen LogP contribution in [-0.4, -0.2) is 21.8 Å². The second-order valence-corrected chi connectivity index (χ2v) is 9.87. The monoisotopic (exact) mass is 500 g/mol. The second kappa shape index (κ2) is 9.13. The molecular formula is C28H21ClN2O3S. The van der Waals surface area contributed by atoms with Gasteiger partial charge < -0.3 is 5.11 Å². The number of aliphatic hydroxyl groups excluding tert-OH is 1. The molecule has 174 valence electrons. The highest BCUT2D eigenvalue weighted by atomic mass is 35.5. The average Bonchev–Trinajstić information content (AvgIpc) is 3.37. The molecule has 1 amide bonds. The van der Waals surface area contributed by atoms with Crippen molar-refractivity contribution in [1.82, 2.24) is 4.98 Å². The highest BCUT2D eigenvalue weighted by molar-refractivity contribution is 7.22. The zero-order valence-electron chi connectivity index (χ0n) is 19.0. The average molecular weight is 501 g/mol. The number of benzene rings is 3. The number of amides is 1. The van der Waals surface area contributed by atoms with Crippen molar-refractivity contribution in [3.8, 4) is 0 Å². The van der Waals surface area contributed by atoms with E-state index in [9.17, 15) is 14.7 Å². The van der Waals surface area contributed by atoms with E-state index in [2.05, 4.69) is 0 Å². The predicted molar refractivity (Wildman–Crippen MR) is 141 cm³/mol. The van der Waals surface area contributed by atoms with Crippen LogP contribution in [-0.2, 0) is 9.59 Å². The molecule has 5 rings (SSSR count). The molecule has 7 heteroatoms. The Labute approximate surface area is 211 Å². The number of hydrogen-bond donors (Lipinski definition) is 1. The standard InChI is InChI=1S/C28H21ClN2O3S/c1-16-13-17(2)24-22(14-16)35-28(30-24)31-25(19-9-6-10-20(29)15-19)23(26(33)27(31)34)21(32)12-11-18-7-4-3-5-8-18/h3-15,25,33H,1-2H3/b12-11+. The summed E-state index contributed by atoms with van der Waals surface area (Å²) in [5.41, 5.74) is 4.31. The van der Waals surface area contributed by atoms with E-state index in [0.717, 1.165) is 26.9 Å². The number of aliphatic hydroxyl groups is 1. The SMILES string of the molecule is Cc1cc(C)c2nc(N3C(=O)C(O)=C(C(=O)/C=C/c4ccccc4)C3c3cccc(Cl)c3)sc2c1. The molecule has 0 spiro atoms. The zero-order valence-corrected chi connectivity index (χ0v) is 20.6. The van der Waals surface area contributed by atoms with E-state index in [-0.39, 0.29) is 5.57 Å².